The Bertz CT molecular complexity index is 490. The predicted octanol–water partition coefficient (Wildman–Crippen LogP) is 0.585. The first-order chi connectivity index (χ1) is 9.22. The van der Waals surface area contributed by atoms with E-state index in [1.807, 2.05) is 0 Å². The molecule has 6 heteroatoms. The number of aromatic nitrogens is 1. The van der Waals surface area contributed by atoms with Crippen molar-refractivity contribution in [3.05, 3.63) is 23.5 Å². The van der Waals surface area contributed by atoms with Crippen molar-refractivity contribution in [2.45, 2.75) is 6.42 Å². The van der Waals surface area contributed by atoms with Gasteiger partial charge in [-0.15, -0.1) is 0 Å². The standard InChI is InChI=1S/C13H15NO5/c1-17-9-19-11-7-6-10(5-3-4-8-15)14-12(11)13(16)18-2/h6-7,15H,4,8-9H2,1-2H3. The van der Waals surface area contributed by atoms with Gasteiger partial charge >= 0.3 is 5.97 Å². The highest BCUT2D eigenvalue weighted by Crippen LogP contribution is 2.17. The summed E-state index contributed by atoms with van der Waals surface area (Å²) in [7, 11) is 2.73. The van der Waals surface area contributed by atoms with E-state index >= 15 is 0 Å². The van der Waals surface area contributed by atoms with Crippen LogP contribution >= 0.6 is 0 Å². The summed E-state index contributed by atoms with van der Waals surface area (Å²) < 4.78 is 14.6. The Morgan fingerprint density at radius 2 is 2.21 bits per heavy atom. The Labute approximate surface area is 111 Å². The molecule has 0 saturated heterocycles. The van der Waals surface area contributed by atoms with E-state index in [0.717, 1.165) is 0 Å². The molecule has 1 heterocycles. The van der Waals surface area contributed by atoms with Gasteiger partial charge in [0.05, 0.1) is 13.7 Å². The Hall–Kier alpha value is -2.10. The lowest BCUT2D eigenvalue weighted by Gasteiger charge is -2.08. The van der Waals surface area contributed by atoms with Crippen LogP contribution in [0.3, 0.4) is 0 Å². The third-order valence-electron chi connectivity index (χ3n) is 2.02. The fourth-order valence-electron chi connectivity index (χ4n) is 1.21. The molecule has 1 N–H and O–H groups in total. The molecule has 102 valence electrons. The first kappa shape index (κ1) is 15.0. The van der Waals surface area contributed by atoms with Crippen molar-refractivity contribution in [2.24, 2.45) is 0 Å². The van der Waals surface area contributed by atoms with Crippen molar-refractivity contribution in [3.63, 3.8) is 0 Å². The predicted molar refractivity (Wildman–Crippen MR) is 66.7 cm³/mol. The average molecular weight is 265 g/mol. The van der Waals surface area contributed by atoms with Crippen molar-refractivity contribution in [1.82, 2.24) is 4.98 Å². The van der Waals surface area contributed by atoms with Gasteiger partial charge in [0, 0.05) is 13.5 Å². The van der Waals surface area contributed by atoms with Crippen LogP contribution < -0.4 is 4.74 Å². The zero-order chi connectivity index (χ0) is 14.1. The van der Waals surface area contributed by atoms with E-state index in [0.29, 0.717) is 12.1 Å². The number of aliphatic hydroxyl groups is 1. The van der Waals surface area contributed by atoms with Crippen LogP contribution in [0.25, 0.3) is 0 Å². The maximum Gasteiger partial charge on any atom is 0.360 e. The highest BCUT2D eigenvalue weighted by atomic mass is 16.7. The summed E-state index contributed by atoms with van der Waals surface area (Å²) >= 11 is 0. The van der Waals surface area contributed by atoms with Crippen LogP contribution in [-0.4, -0.2) is 43.7 Å². The zero-order valence-corrected chi connectivity index (χ0v) is 10.8. The molecule has 0 aliphatic rings. The minimum Gasteiger partial charge on any atom is -0.465 e. The number of carbonyl (C=O) groups is 1. The highest BCUT2D eigenvalue weighted by Gasteiger charge is 2.15. The number of hydrogen-bond acceptors (Lipinski definition) is 6. The Balaban J connectivity index is 3.01. The third kappa shape index (κ3) is 4.58. The van der Waals surface area contributed by atoms with E-state index in [9.17, 15) is 4.79 Å². The van der Waals surface area contributed by atoms with Crippen molar-refractivity contribution in [1.29, 1.82) is 0 Å². The topological polar surface area (TPSA) is 77.9 Å². The van der Waals surface area contributed by atoms with Gasteiger partial charge in [-0.25, -0.2) is 9.78 Å². The Kier molecular flexibility index (Phi) is 6.36. The monoisotopic (exact) mass is 265 g/mol. The van der Waals surface area contributed by atoms with Gasteiger partial charge in [0.25, 0.3) is 0 Å². The lowest BCUT2D eigenvalue weighted by Crippen LogP contribution is -2.10. The van der Waals surface area contributed by atoms with Crippen LogP contribution in [0, 0.1) is 11.8 Å². The molecular weight excluding hydrogens is 250 g/mol. The van der Waals surface area contributed by atoms with Gasteiger partial charge < -0.3 is 19.3 Å². The van der Waals surface area contributed by atoms with Gasteiger partial charge in [0.2, 0.25) is 0 Å². The smallest absolute Gasteiger partial charge is 0.360 e. The quantitative estimate of drug-likeness (QED) is 0.477. The van der Waals surface area contributed by atoms with E-state index in [2.05, 4.69) is 21.6 Å². The molecule has 0 aliphatic heterocycles. The van der Waals surface area contributed by atoms with E-state index in [-0.39, 0.29) is 24.8 Å². The SMILES string of the molecule is COCOc1ccc(C#CCCO)nc1C(=O)OC. The minimum atomic E-state index is -0.614. The molecule has 0 aliphatic carbocycles. The summed E-state index contributed by atoms with van der Waals surface area (Å²) in [5, 5.41) is 8.64. The lowest BCUT2D eigenvalue weighted by atomic mass is 10.2. The van der Waals surface area contributed by atoms with E-state index < -0.39 is 5.97 Å². The second kappa shape index (κ2) is 8.08. The highest BCUT2D eigenvalue weighted by molar-refractivity contribution is 5.90. The van der Waals surface area contributed by atoms with Crippen LogP contribution in [0.1, 0.15) is 22.6 Å². The van der Waals surface area contributed by atoms with Crippen LogP contribution in [0.15, 0.2) is 12.1 Å². The maximum absolute atomic E-state index is 11.6. The van der Waals surface area contributed by atoms with Crippen LogP contribution in [0.5, 0.6) is 5.75 Å². The summed E-state index contributed by atoms with van der Waals surface area (Å²) in [6, 6.07) is 3.18. The number of aliphatic hydroxyl groups excluding tert-OH is 1. The van der Waals surface area contributed by atoms with Crippen molar-refractivity contribution in [2.75, 3.05) is 27.6 Å². The summed E-state index contributed by atoms with van der Waals surface area (Å²) in [5.74, 6) is 5.10. The van der Waals surface area contributed by atoms with Gasteiger partial charge in [-0.1, -0.05) is 5.92 Å². The van der Waals surface area contributed by atoms with Gasteiger partial charge in [0.15, 0.2) is 18.2 Å². The first-order valence-corrected chi connectivity index (χ1v) is 5.53. The molecule has 0 bridgehead atoms. The van der Waals surface area contributed by atoms with Crippen LogP contribution in [-0.2, 0) is 9.47 Å². The van der Waals surface area contributed by atoms with Gasteiger partial charge in [-0.3, -0.25) is 0 Å². The van der Waals surface area contributed by atoms with Gasteiger partial charge in [-0.2, -0.15) is 0 Å². The van der Waals surface area contributed by atoms with Crippen LogP contribution in [0.2, 0.25) is 0 Å². The molecule has 0 radical (unpaired) electrons. The molecule has 0 saturated carbocycles. The second-order valence-corrected chi connectivity index (χ2v) is 3.36. The number of methoxy groups -OCH3 is 2. The number of rotatable bonds is 5. The summed E-state index contributed by atoms with van der Waals surface area (Å²) in [4.78, 5) is 15.6. The molecule has 0 unspecified atom stereocenters. The first-order valence-electron chi connectivity index (χ1n) is 5.53. The number of ether oxygens (including phenoxy) is 3. The number of pyridine rings is 1. The zero-order valence-electron chi connectivity index (χ0n) is 10.8. The molecule has 1 aromatic heterocycles. The molecular formula is C13H15NO5. The molecule has 0 atom stereocenters. The average Bonchev–Trinajstić information content (AvgIpc) is 2.45. The molecule has 0 aromatic carbocycles. The van der Waals surface area contributed by atoms with Crippen LogP contribution in [0.4, 0.5) is 0 Å². The largest absolute Gasteiger partial charge is 0.465 e. The van der Waals surface area contributed by atoms with Crippen molar-refractivity contribution < 1.29 is 24.1 Å². The normalized spacial score (nSPS) is 9.42. The molecule has 1 rings (SSSR count). The van der Waals surface area contributed by atoms with E-state index in [1.54, 1.807) is 12.1 Å². The molecule has 0 amide bonds. The Morgan fingerprint density at radius 3 is 2.84 bits per heavy atom. The minimum absolute atomic E-state index is 0.00120. The van der Waals surface area contributed by atoms with E-state index in [4.69, 9.17) is 14.6 Å². The van der Waals surface area contributed by atoms with Gasteiger partial charge in [-0.05, 0) is 18.1 Å². The Morgan fingerprint density at radius 1 is 1.42 bits per heavy atom. The fourth-order valence-corrected chi connectivity index (χ4v) is 1.21. The molecule has 6 nitrogen and oxygen atoms in total. The lowest BCUT2D eigenvalue weighted by molar-refractivity contribution is 0.0457. The molecule has 0 spiro atoms. The number of hydrogen-bond donors (Lipinski definition) is 1. The molecule has 1 aromatic rings. The number of esters is 1. The van der Waals surface area contributed by atoms with Crippen molar-refractivity contribution >= 4 is 5.97 Å². The van der Waals surface area contributed by atoms with Crippen molar-refractivity contribution in [3.8, 4) is 17.6 Å². The second-order valence-electron chi connectivity index (χ2n) is 3.36. The maximum atomic E-state index is 11.6. The summed E-state index contributed by atoms with van der Waals surface area (Å²) in [5.41, 5.74) is 0.439. The van der Waals surface area contributed by atoms with Gasteiger partial charge in [0.1, 0.15) is 5.69 Å². The van der Waals surface area contributed by atoms with E-state index in [1.165, 1.54) is 14.2 Å². The number of carbonyl (C=O) groups excluding carboxylic acids is 1. The molecule has 0 fully saturated rings. The summed E-state index contributed by atoms with van der Waals surface area (Å²) in [6.07, 6.45) is 0.344. The molecule has 19 heavy (non-hydrogen) atoms. The fraction of sp³-hybridized carbons (Fsp3) is 0.385. The third-order valence-corrected chi connectivity index (χ3v) is 2.02. The number of nitrogens with zero attached hydrogens (tertiary/aromatic N) is 1. The summed E-state index contributed by atoms with van der Waals surface area (Å²) in [6.45, 7) is -0.0207.